The first-order valence-electron chi connectivity index (χ1n) is 2.78. The van der Waals surface area contributed by atoms with E-state index in [-0.39, 0.29) is 0 Å². The van der Waals surface area contributed by atoms with Crippen molar-refractivity contribution in [2.75, 3.05) is 5.88 Å². The molecule has 0 saturated carbocycles. The summed E-state index contributed by atoms with van der Waals surface area (Å²) in [5.41, 5.74) is 1.38. The third-order valence-corrected chi connectivity index (χ3v) is 2.55. The Labute approximate surface area is 52.9 Å². The molecule has 1 aliphatic heterocycles. The lowest BCUT2D eigenvalue weighted by molar-refractivity contribution is 1.35. The number of thioether (sulfide) groups is 1. The van der Waals surface area contributed by atoms with Crippen molar-refractivity contribution in [3.8, 4) is 0 Å². The van der Waals surface area contributed by atoms with Gasteiger partial charge in [0.15, 0.2) is 0 Å². The van der Waals surface area contributed by atoms with Crippen molar-refractivity contribution in [3.05, 3.63) is 12.2 Å². The van der Waals surface area contributed by atoms with Crippen LogP contribution in [0.5, 0.6) is 0 Å². The summed E-state index contributed by atoms with van der Waals surface area (Å²) in [4.78, 5) is 4.31. The van der Waals surface area contributed by atoms with Crippen molar-refractivity contribution >= 4 is 17.5 Å². The third-order valence-electron chi connectivity index (χ3n) is 1.49. The second kappa shape index (κ2) is 1.62. The van der Waals surface area contributed by atoms with Crippen molar-refractivity contribution in [3.63, 3.8) is 0 Å². The van der Waals surface area contributed by atoms with E-state index in [1.54, 1.807) is 0 Å². The molecule has 0 spiro atoms. The van der Waals surface area contributed by atoms with Gasteiger partial charge in [0.2, 0.25) is 0 Å². The van der Waals surface area contributed by atoms with E-state index < -0.39 is 0 Å². The second-order valence-corrected chi connectivity index (χ2v) is 3.10. The van der Waals surface area contributed by atoms with Gasteiger partial charge in [-0.3, -0.25) is 4.99 Å². The van der Waals surface area contributed by atoms with Gasteiger partial charge in [0.05, 0.1) is 11.1 Å². The van der Waals surface area contributed by atoms with E-state index in [0.717, 1.165) is 12.3 Å². The Balaban J connectivity index is 2.28. The summed E-state index contributed by atoms with van der Waals surface area (Å²) in [6.45, 7) is 0. The van der Waals surface area contributed by atoms with Gasteiger partial charge in [0, 0.05) is 12.1 Å². The van der Waals surface area contributed by atoms with Crippen LogP contribution >= 0.6 is 11.8 Å². The number of rotatable bonds is 0. The van der Waals surface area contributed by atoms with Gasteiger partial charge in [-0.05, 0) is 0 Å². The summed E-state index contributed by atoms with van der Waals surface area (Å²) in [5.74, 6) is 0.990. The molecule has 1 heterocycles. The topological polar surface area (TPSA) is 12.4 Å². The Kier molecular flexibility index (Phi) is 0.937. The van der Waals surface area contributed by atoms with Gasteiger partial charge in [-0.15, -0.1) is 11.8 Å². The molecule has 0 radical (unpaired) electrons. The zero-order chi connectivity index (χ0) is 5.40. The monoisotopic (exact) mass is 125 g/mol. The van der Waals surface area contributed by atoms with Gasteiger partial charge in [-0.1, -0.05) is 12.2 Å². The van der Waals surface area contributed by atoms with Gasteiger partial charge in [0.25, 0.3) is 0 Å². The molecule has 0 bridgehead atoms. The molecule has 1 nitrogen and oxygen atoms in total. The Morgan fingerprint density at radius 1 is 1.75 bits per heavy atom. The normalized spacial score (nSPS) is 33.0. The van der Waals surface area contributed by atoms with Crippen LogP contribution in [0.2, 0.25) is 0 Å². The summed E-state index contributed by atoms with van der Waals surface area (Å²) < 4.78 is 0. The summed E-state index contributed by atoms with van der Waals surface area (Å²) in [6, 6.07) is 0. The molecule has 2 heteroatoms. The molecule has 2 rings (SSSR count). The van der Waals surface area contributed by atoms with E-state index in [4.69, 9.17) is 0 Å². The minimum atomic E-state index is 0.662. The van der Waals surface area contributed by atoms with Crippen LogP contribution in [0.3, 0.4) is 0 Å². The van der Waals surface area contributed by atoms with Gasteiger partial charge in [-0.25, -0.2) is 0 Å². The minimum Gasteiger partial charge on any atom is -0.281 e. The molecule has 0 aromatic rings. The highest BCUT2D eigenvalue weighted by molar-refractivity contribution is 8.01. The van der Waals surface area contributed by atoms with Crippen LogP contribution in [-0.4, -0.2) is 16.8 Å². The van der Waals surface area contributed by atoms with E-state index in [2.05, 4.69) is 17.1 Å². The van der Waals surface area contributed by atoms with Gasteiger partial charge < -0.3 is 0 Å². The molecule has 0 N–H and O–H groups in total. The number of allylic oxidation sites excluding steroid dienone is 1. The van der Waals surface area contributed by atoms with Crippen LogP contribution in [0.4, 0.5) is 0 Å². The minimum absolute atomic E-state index is 0.662. The van der Waals surface area contributed by atoms with Crippen molar-refractivity contribution in [2.45, 2.75) is 11.7 Å². The highest BCUT2D eigenvalue weighted by Crippen LogP contribution is 2.27. The Bertz CT molecular complexity index is 160. The summed E-state index contributed by atoms with van der Waals surface area (Å²) in [5, 5.41) is 0.662. The van der Waals surface area contributed by atoms with Crippen molar-refractivity contribution in [1.29, 1.82) is 0 Å². The van der Waals surface area contributed by atoms with Crippen LogP contribution < -0.4 is 0 Å². The Morgan fingerprint density at radius 3 is 3.62 bits per heavy atom. The fourth-order valence-corrected chi connectivity index (χ4v) is 2.03. The number of fused-ring (bicyclic) bond motifs is 1. The van der Waals surface area contributed by atoms with E-state index in [9.17, 15) is 0 Å². The zero-order valence-corrected chi connectivity index (χ0v) is 5.32. The fraction of sp³-hybridized carbons (Fsp3) is 0.500. The molecule has 0 saturated heterocycles. The average molecular weight is 125 g/mol. The molecular weight excluding hydrogens is 118 g/mol. The molecular formula is C6H7NS. The Hall–Kier alpha value is -0.240. The maximum Gasteiger partial charge on any atom is 0.0853 e. The van der Waals surface area contributed by atoms with Crippen LogP contribution in [0.25, 0.3) is 0 Å². The predicted molar refractivity (Wildman–Crippen MR) is 37.4 cm³/mol. The molecule has 1 unspecified atom stereocenters. The smallest absolute Gasteiger partial charge is 0.0853 e. The molecule has 0 amide bonds. The lowest BCUT2D eigenvalue weighted by Gasteiger charge is -1.94. The molecule has 2 aliphatic rings. The fourth-order valence-electron chi connectivity index (χ4n) is 1.05. The highest BCUT2D eigenvalue weighted by Gasteiger charge is 2.21. The first-order valence-corrected chi connectivity index (χ1v) is 3.83. The molecule has 0 aromatic heterocycles. The Morgan fingerprint density at radius 2 is 2.75 bits per heavy atom. The standard InChI is InChI=1S/C6H7NS/c1-2-5-6(3-1)8-4-7-5/h1,3,6H,2,4H2. The lowest BCUT2D eigenvalue weighted by atomic mass is 10.3. The van der Waals surface area contributed by atoms with E-state index in [1.807, 2.05) is 11.8 Å². The highest BCUT2D eigenvalue weighted by atomic mass is 32.2. The first-order chi connectivity index (χ1) is 3.97. The average Bonchev–Trinajstić information content (AvgIpc) is 2.15. The SMILES string of the molecule is C1=CC2SCN=C2C1. The largest absolute Gasteiger partial charge is 0.281 e. The lowest BCUT2D eigenvalue weighted by Crippen LogP contribution is -2.01. The molecule has 42 valence electrons. The molecule has 1 atom stereocenters. The van der Waals surface area contributed by atoms with E-state index in [0.29, 0.717) is 5.25 Å². The van der Waals surface area contributed by atoms with Crippen molar-refractivity contribution < 1.29 is 0 Å². The number of nitrogens with zero attached hydrogens (tertiary/aromatic N) is 1. The quantitative estimate of drug-likeness (QED) is 0.446. The van der Waals surface area contributed by atoms with Crippen molar-refractivity contribution in [2.24, 2.45) is 4.99 Å². The van der Waals surface area contributed by atoms with E-state index >= 15 is 0 Å². The van der Waals surface area contributed by atoms with Gasteiger partial charge in [0.1, 0.15) is 0 Å². The summed E-state index contributed by atoms with van der Waals surface area (Å²) in [7, 11) is 0. The van der Waals surface area contributed by atoms with E-state index in [1.165, 1.54) is 5.71 Å². The van der Waals surface area contributed by atoms with Crippen molar-refractivity contribution in [1.82, 2.24) is 0 Å². The number of hydrogen-bond acceptors (Lipinski definition) is 2. The summed E-state index contributed by atoms with van der Waals surface area (Å²) >= 11 is 1.92. The van der Waals surface area contributed by atoms with Crippen LogP contribution in [-0.2, 0) is 0 Å². The van der Waals surface area contributed by atoms with Crippen LogP contribution in [0.1, 0.15) is 6.42 Å². The molecule has 8 heavy (non-hydrogen) atoms. The maximum absolute atomic E-state index is 4.31. The van der Waals surface area contributed by atoms with Gasteiger partial charge >= 0.3 is 0 Å². The predicted octanol–water partition coefficient (Wildman–Crippen LogP) is 1.46. The second-order valence-electron chi connectivity index (χ2n) is 2.00. The molecule has 1 aliphatic carbocycles. The van der Waals surface area contributed by atoms with Crippen LogP contribution in [0.15, 0.2) is 17.1 Å². The number of aliphatic imine (C=N–C) groups is 1. The van der Waals surface area contributed by atoms with Crippen LogP contribution in [0, 0.1) is 0 Å². The molecule has 0 fully saturated rings. The third kappa shape index (κ3) is 0.525. The maximum atomic E-state index is 4.31. The first kappa shape index (κ1) is 4.62. The summed E-state index contributed by atoms with van der Waals surface area (Å²) in [6.07, 6.45) is 5.56. The molecule has 0 aromatic carbocycles. The zero-order valence-electron chi connectivity index (χ0n) is 4.50. The number of hydrogen-bond donors (Lipinski definition) is 0. The van der Waals surface area contributed by atoms with Gasteiger partial charge in [-0.2, -0.15) is 0 Å².